The van der Waals surface area contributed by atoms with Crippen molar-refractivity contribution in [2.75, 3.05) is 19.1 Å². The standard InChI is InChI=1S/C13H16ClNO3S2/c1-18-11-6-3-5-10-13(11)12(20(14,16)17)9-15(10)7-4-8-19-2/h3,5-6,9H,4,7-8H2,1-2H3. The summed E-state index contributed by atoms with van der Waals surface area (Å²) in [5.74, 6) is 1.54. The minimum Gasteiger partial charge on any atom is -0.496 e. The Balaban J connectivity index is 2.61. The van der Waals surface area contributed by atoms with Crippen LogP contribution < -0.4 is 4.74 Å². The molecule has 0 unspecified atom stereocenters. The first-order valence-electron chi connectivity index (χ1n) is 6.08. The molecule has 0 saturated heterocycles. The minimum absolute atomic E-state index is 0.107. The molecule has 0 N–H and O–H groups in total. The van der Waals surface area contributed by atoms with Crippen molar-refractivity contribution in [3.63, 3.8) is 0 Å². The van der Waals surface area contributed by atoms with E-state index in [1.165, 1.54) is 7.11 Å². The maximum Gasteiger partial charge on any atom is 0.263 e. The summed E-state index contributed by atoms with van der Waals surface area (Å²) in [6.07, 6.45) is 4.60. The molecule has 2 rings (SSSR count). The van der Waals surface area contributed by atoms with Gasteiger partial charge in [-0.25, -0.2) is 8.42 Å². The fraction of sp³-hybridized carbons (Fsp3) is 0.385. The van der Waals surface area contributed by atoms with Crippen LogP contribution in [0.5, 0.6) is 5.75 Å². The zero-order valence-electron chi connectivity index (χ0n) is 11.3. The molecule has 0 amide bonds. The quantitative estimate of drug-likeness (QED) is 0.601. The van der Waals surface area contributed by atoms with Gasteiger partial charge in [-0.15, -0.1) is 0 Å². The predicted octanol–water partition coefficient (Wildman–Crippen LogP) is 3.33. The average Bonchev–Trinajstić information content (AvgIpc) is 2.78. The number of halogens is 1. The highest BCUT2D eigenvalue weighted by Gasteiger charge is 2.21. The summed E-state index contributed by atoms with van der Waals surface area (Å²) in [6, 6.07) is 5.46. The van der Waals surface area contributed by atoms with Gasteiger partial charge in [-0.2, -0.15) is 11.8 Å². The van der Waals surface area contributed by atoms with Gasteiger partial charge in [-0.3, -0.25) is 0 Å². The van der Waals surface area contributed by atoms with Crippen LogP contribution in [0.4, 0.5) is 0 Å². The lowest BCUT2D eigenvalue weighted by atomic mass is 10.2. The van der Waals surface area contributed by atoms with Crippen LogP contribution >= 0.6 is 22.4 Å². The number of benzene rings is 1. The van der Waals surface area contributed by atoms with Crippen molar-refractivity contribution < 1.29 is 13.2 Å². The molecular weight excluding hydrogens is 318 g/mol. The Labute approximate surface area is 127 Å². The third-order valence-electron chi connectivity index (χ3n) is 3.06. The molecule has 1 aromatic heterocycles. The zero-order chi connectivity index (χ0) is 14.8. The molecule has 20 heavy (non-hydrogen) atoms. The third-order valence-corrected chi connectivity index (χ3v) is 5.09. The Bertz CT molecular complexity index is 710. The van der Waals surface area contributed by atoms with Gasteiger partial charge in [0.1, 0.15) is 10.6 Å². The van der Waals surface area contributed by atoms with Crippen molar-refractivity contribution in [1.82, 2.24) is 4.57 Å². The van der Waals surface area contributed by atoms with Crippen LogP contribution in [-0.4, -0.2) is 32.1 Å². The molecule has 2 aromatic rings. The van der Waals surface area contributed by atoms with E-state index in [0.29, 0.717) is 11.1 Å². The fourth-order valence-electron chi connectivity index (χ4n) is 2.20. The van der Waals surface area contributed by atoms with Crippen molar-refractivity contribution >= 4 is 42.4 Å². The Morgan fingerprint density at radius 2 is 2.15 bits per heavy atom. The van der Waals surface area contributed by atoms with E-state index in [9.17, 15) is 8.42 Å². The highest BCUT2D eigenvalue weighted by Crippen LogP contribution is 2.35. The summed E-state index contributed by atoms with van der Waals surface area (Å²) in [6.45, 7) is 0.747. The van der Waals surface area contributed by atoms with Crippen molar-refractivity contribution in [2.24, 2.45) is 0 Å². The average molecular weight is 334 g/mol. The van der Waals surface area contributed by atoms with Crippen LogP contribution in [0.1, 0.15) is 6.42 Å². The molecular formula is C13H16ClNO3S2. The van der Waals surface area contributed by atoms with E-state index < -0.39 is 9.05 Å². The first kappa shape index (κ1) is 15.5. The predicted molar refractivity (Wildman–Crippen MR) is 84.5 cm³/mol. The zero-order valence-corrected chi connectivity index (χ0v) is 13.7. The minimum atomic E-state index is -3.81. The number of fused-ring (bicyclic) bond motifs is 1. The first-order valence-corrected chi connectivity index (χ1v) is 9.78. The second kappa shape index (κ2) is 6.28. The third kappa shape index (κ3) is 3.07. The number of nitrogens with zero attached hydrogens (tertiary/aromatic N) is 1. The molecule has 0 fully saturated rings. The van der Waals surface area contributed by atoms with Gasteiger partial charge in [0.05, 0.1) is 18.0 Å². The van der Waals surface area contributed by atoms with Gasteiger partial charge in [0.25, 0.3) is 9.05 Å². The number of hydrogen-bond donors (Lipinski definition) is 0. The number of thioether (sulfide) groups is 1. The van der Waals surface area contributed by atoms with E-state index in [0.717, 1.165) is 24.2 Å². The smallest absolute Gasteiger partial charge is 0.263 e. The Morgan fingerprint density at radius 1 is 1.40 bits per heavy atom. The molecule has 0 aliphatic rings. The Hall–Kier alpha value is -0.850. The van der Waals surface area contributed by atoms with Gasteiger partial charge in [-0.1, -0.05) is 6.07 Å². The number of ether oxygens (including phenoxy) is 1. The second-order valence-corrected chi connectivity index (χ2v) is 7.85. The lowest BCUT2D eigenvalue weighted by Gasteiger charge is -2.06. The van der Waals surface area contributed by atoms with Gasteiger partial charge in [-0.05, 0) is 30.6 Å². The van der Waals surface area contributed by atoms with E-state index in [-0.39, 0.29) is 4.90 Å². The van der Waals surface area contributed by atoms with Gasteiger partial charge < -0.3 is 9.30 Å². The normalized spacial score (nSPS) is 11.9. The van der Waals surface area contributed by atoms with Gasteiger partial charge in [0.2, 0.25) is 0 Å². The summed E-state index contributed by atoms with van der Waals surface area (Å²) < 4.78 is 30.7. The maximum absolute atomic E-state index is 11.8. The second-order valence-electron chi connectivity index (χ2n) is 4.33. The molecule has 4 nitrogen and oxygen atoms in total. The molecule has 0 radical (unpaired) electrons. The lowest BCUT2D eigenvalue weighted by Crippen LogP contribution is -1.97. The molecule has 0 atom stereocenters. The van der Waals surface area contributed by atoms with Crippen LogP contribution in [0.25, 0.3) is 10.9 Å². The SMILES string of the molecule is COc1cccc2c1c(S(=O)(=O)Cl)cn2CCCSC. The molecule has 1 aromatic carbocycles. The highest BCUT2D eigenvalue weighted by atomic mass is 35.7. The molecule has 110 valence electrons. The van der Waals surface area contributed by atoms with Crippen molar-refractivity contribution in [3.8, 4) is 5.75 Å². The Morgan fingerprint density at radius 3 is 2.75 bits per heavy atom. The van der Waals surface area contributed by atoms with E-state index in [4.69, 9.17) is 15.4 Å². The van der Waals surface area contributed by atoms with Crippen LogP contribution in [0.2, 0.25) is 0 Å². The summed E-state index contributed by atoms with van der Waals surface area (Å²) >= 11 is 1.76. The first-order chi connectivity index (χ1) is 9.49. The largest absolute Gasteiger partial charge is 0.496 e. The van der Waals surface area contributed by atoms with Crippen LogP contribution in [-0.2, 0) is 15.6 Å². The van der Waals surface area contributed by atoms with E-state index >= 15 is 0 Å². The molecule has 0 spiro atoms. The van der Waals surface area contributed by atoms with Gasteiger partial charge >= 0.3 is 0 Å². The van der Waals surface area contributed by atoms with Crippen molar-refractivity contribution in [1.29, 1.82) is 0 Å². The molecule has 0 aliphatic heterocycles. The monoisotopic (exact) mass is 333 g/mol. The molecule has 0 saturated carbocycles. The number of methoxy groups -OCH3 is 1. The molecule has 0 aliphatic carbocycles. The summed E-state index contributed by atoms with van der Waals surface area (Å²) in [5, 5.41) is 0.550. The Kier molecular flexibility index (Phi) is 4.88. The fourth-order valence-corrected chi connectivity index (χ4v) is 3.67. The molecule has 7 heteroatoms. The molecule has 1 heterocycles. The van der Waals surface area contributed by atoms with Crippen LogP contribution in [0.3, 0.4) is 0 Å². The number of rotatable bonds is 6. The number of aromatic nitrogens is 1. The van der Waals surface area contributed by atoms with E-state index in [2.05, 4.69) is 0 Å². The summed E-state index contributed by atoms with van der Waals surface area (Å²) in [4.78, 5) is 0.107. The molecule has 0 bridgehead atoms. The van der Waals surface area contributed by atoms with Crippen molar-refractivity contribution in [3.05, 3.63) is 24.4 Å². The summed E-state index contributed by atoms with van der Waals surface area (Å²) in [7, 11) is 3.25. The van der Waals surface area contributed by atoms with Crippen molar-refractivity contribution in [2.45, 2.75) is 17.9 Å². The van der Waals surface area contributed by atoms with E-state index in [1.807, 2.05) is 23.0 Å². The highest BCUT2D eigenvalue weighted by molar-refractivity contribution is 8.14. The van der Waals surface area contributed by atoms with Gasteiger partial charge in [0.15, 0.2) is 0 Å². The van der Waals surface area contributed by atoms with Crippen LogP contribution in [0, 0.1) is 0 Å². The van der Waals surface area contributed by atoms with Crippen LogP contribution in [0.15, 0.2) is 29.3 Å². The van der Waals surface area contributed by atoms with Gasteiger partial charge in [0, 0.05) is 23.4 Å². The number of hydrogen-bond acceptors (Lipinski definition) is 4. The topological polar surface area (TPSA) is 48.3 Å². The number of aryl methyl sites for hydroxylation is 1. The maximum atomic E-state index is 11.8. The van der Waals surface area contributed by atoms with E-state index in [1.54, 1.807) is 24.0 Å². The summed E-state index contributed by atoms with van der Waals surface area (Å²) in [5.41, 5.74) is 0.824. The lowest BCUT2D eigenvalue weighted by molar-refractivity contribution is 0.419.